The van der Waals surface area contributed by atoms with Gasteiger partial charge in [0.2, 0.25) is 5.91 Å². The molecule has 21 heavy (non-hydrogen) atoms. The molecule has 0 bridgehead atoms. The van der Waals surface area contributed by atoms with Crippen LogP contribution in [0.2, 0.25) is 0 Å². The highest BCUT2D eigenvalue weighted by molar-refractivity contribution is 6.62. The van der Waals surface area contributed by atoms with Gasteiger partial charge in [-0.15, -0.1) is 0 Å². The van der Waals surface area contributed by atoms with E-state index in [9.17, 15) is 4.79 Å². The van der Waals surface area contributed by atoms with Crippen LogP contribution in [0.3, 0.4) is 0 Å². The maximum absolute atomic E-state index is 11.6. The molecule has 0 atom stereocenters. The van der Waals surface area contributed by atoms with Gasteiger partial charge in [0.05, 0.1) is 11.2 Å². The van der Waals surface area contributed by atoms with Gasteiger partial charge in [-0.1, -0.05) is 12.1 Å². The Labute approximate surface area is 126 Å². The molecular formula is C16H22BNO3. The van der Waals surface area contributed by atoms with Crippen molar-refractivity contribution < 1.29 is 14.1 Å². The molecule has 1 saturated heterocycles. The molecule has 1 fully saturated rings. The Kier molecular flexibility index (Phi) is 3.19. The molecular weight excluding hydrogens is 265 g/mol. The minimum atomic E-state index is -0.390. The lowest BCUT2D eigenvalue weighted by atomic mass is 9.74. The van der Waals surface area contributed by atoms with Gasteiger partial charge in [0.1, 0.15) is 0 Å². The van der Waals surface area contributed by atoms with Gasteiger partial charge in [-0.25, -0.2) is 0 Å². The van der Waals surface area contributed by atoms with Crippen LogP contribution in [0.5, 0.6) is 0 Å². The van der Waals surface area contributed by atoms with Crippen LogP contribution in [0, 0.1) is 6.92 Å². The van der Waals surface area contributed by atoms with E-state index in [1.165, 1.54) is 5.56 Å². The third-order valence-electron chi connectivity index (χ3n) is 4.99. The number of anilines is 1. The van der Waals surface area contributed by atoms with E-state index in [4.69, 9.17) is 9.31 Å². The van der Waals surface area contributed by atoms with Gasteiger partial charge in [0.15, 0.2) is 0 Å². The molecule has 2 aliphatic rings. The molecule has 2 aliphatic heterocycles. The van der Waals surface area contributed by atoms with E-state index < -0.39 is 0 Å². The summed E-state index contributed by atoms with van der Waals surface area (Å²) in [5.74, 6) is 0.0802. The number of fused-ring (bicyclic) bond motifs is 1. The van der Waals surface area contributed by atoms with Crippen molar-refractivity contribution >= 4 is 24.2 Å². The van der Waals surface area contributed by atoms with Gasteiger partial charge < -0.3 is 14.6 Å². The molecule has 0 radical (unpaired) electrons. The number of aryl methyl sites for hydroxylation is 1. The summed E-state index contributed by atoms with van der Waals surface area (Å²) in [6.07, 6.45) is 1.36. The highest BCUT2D eigenvalue weighted by Gasteiger charge is 2.52. The first-order valence-corrected chi connectivity index (χ1v) is 7.49. The van der Waals surface area contributed by atoms with Crippen molar-refractivity contribution in [2.24, 2.45) is 0 Å². The summed E-state index contributed by atoms with van der Waals surface area (Å²) in [5.41, 5.74) is 3.44. The molecule has 5 heteroatoms. The molecule has 0 saturated carbocycles. The molecule has 0 unspecified atom stereocenters. The topological polar surface area (TPSA) is 47.6 Å². The minimum absolute atomic E-state index is 0.0802. The molecule has 0 aromatic heterocycles. The summed E-state index contributed by atoms with van der Waals surface area (Å²) in [7, 11) is -0.390. The molecule has 3 rings (SSSR count). The average molecular weight is 287 g/mol. The Morgan fingerprint density at radius 1 is 1.10 bits per heavy atom. The zero-order valence-corrected chi connectivity index (χ0v) is 13.4. The Hall–Kier alpha value is -1.33. The van der Waals surface area contributed by atoms with E-state index in [1.807, 2.05) is 34.6 Å². The van der Waals surface area contributed by atoms with Crippen LogP contribution in [0.15, 0.2) is 12.1 Å². The fourth-order valence-corrected chi connectivity index (χ4v) is 2.84. The highest BCUT2D eigenvalue weighted by atomic mass is 16.7. The van der Waals surface area contributed by atoms with Crippen molar-refractivity contribution in [1.82, 2.24) is 0 Å². The summed E-state index contributed by atoms with van der Waals surface area (Å²) in [6.45, 7) is 10.2. The van der Waals surface area contributed by atoms with E-state index >= 15 is 0 Å². The number of hydrogen-bond acceptors (Lipinski definition) is 3. The predicted octanol–water partition coefficient (Wildman–Crippen LogP) is 2.18. The normalized spacial score (nSPS) is 22.9. The second-order valence-electron chi connectivity index (χ2n) is 6.95. The molecule has 1 amide bonds. The lowest BCUT2D eigenvalue weighted by molar-refractivity contribution is -0.116. The monoisotopic (exact) mass is 287 g/mol. The number of benzene rings is 1. The van der Waals surface area contributed by atoms with E-state index in [2.05, 4.69) is 17.4 Å². The van der Waals surface area contributed by atoms with Crippen LogP contribution in [0.4, 0.5) is 5.69 Å². The van der Waals surface area contributed by atoms with Gasteiger partial charge in [-0.3, -0.25) is 4.79 Å². The van der Waals surface area contributed by atoms with Gasteiger partial charge in [-0.2, -0.15) is 0 Å². The van der Waals surface area contributed by atoms with E-state index in [0.717, 1.165) is 23.1 Å². The van der Waals surface area contributed by atoms with Gasteiger partial charge in [0, 0.05) is 12.1 Å². The third-order valence-corrected chi connectivity index (χ3v) is 4.99. The SMILES string of the molecule is Cc1c(B2OC(C)(C)C(C)(C)O2)ccc2c1NC(=O)CC2. The van der Waals surface area contributed by atoms with Crippen LogP contribution in [0.25, 0.3) is 0 Å². The van der Waals surface area contributed by atoms with Gasteiger partial charge in [0.25, 0.3) is 0 Å². The van der Waals surface area contributed by atoms with Crippen molar-refractivity contribution in [3.8, 4) is 0 Å². The van der Waals surface area contributed by atoms with Crippen LogP contribution < -0.4 is 10.8 Å². The van der Waals surface area contributed by atoms with E-state index in [-0.39, 0.29) is 24.2 Å². The van der Waals surface area contributed by atoms with Crippen molar-refractivity contribution in [3.63, 3.8) is 0 Å². The van der Waals surface area contributed by atoms with Crippen molar-refractivity contribution in [3.05, 3.63) is 23.3 Å². The summed E-state index contributed by atoms with van der Waals surface area (Å²) in [6, 6.07) is 4.13. The lowest BCUT2D eigenvalue weighted by Crippen LogP contribution is -2.41. The van der Waals surface area contributed by atoms with Crippen LogP contribution in [-0.2, 0) is 20.5 Å². The molecule has 112 valence electrons. The average Bonchev–Trinajstić information content (AvgIpc) is 2.59. The standard InChI is InChI=1S/C16H22BNO3/c1-10-12(17-20-15(2,3)16(4,5)21-17)8-6-11-7-9-13(19)18-14(10)11/h6,8H,7,9H2,1-5H3,(H,18,19). The zero-order chi connectivity index (χ0) is 15.4. The number of nitrogens with one attached hydrogen (secondary N) is 1. The molecule has 1 aromatic rings. The van der Waals surface area contributed by atoms with Crippen molar-refractivity contribution in [1.29, 1.82) is 0 Å². The van der Waals surface area contributed by atoms with Gasteiger partial charge >= 0.3 is 7.12 Å². The zero-order valence-electron chi connectivity index (χ0n) is 13.4. The number of rotatable bonds is 1. The van der Waals surface area contributed by atoms with Crippen LogP contribution in [-0.4, -0.2) is 24.2 Å². The largest absolute Gasteiger partial charge is 0.495 e. The predicted molar refractivity (Wildman–Crippen MR) is 83.8 cm³/mol. The first-order valence-electron chi connectivity index (χ1n) is 7.49. The highest BCUT2D eigenvalue weighted by Crippen LogP contribution is 2.37. The summed E-state index contributed by atoms with van der Waals surface area (Å²) >= 11 is 0. The third kappa shape index (κ3) is 2.28. The minimum Gasteiger partial charge on any atom is -0.399 e. The van der Waals surface area contributed by atoms with E-state index in [0.29, 0.717) is 6.42 Å². The van der Waals surface area contributed by atoms with E-state index in [1.54, 1.807) is 0 Å². The van der Waals surface area contributed by atoms with Crippen molar-refractivity contribution in [2.45, 2.75) is 58.7 Å². The maximum atomic E-state index is 11.6. The molecule has 2 heterocycles. The fourth-order valence-electron chi connectivity index (χ4n) is 2.84. The number of carbonyl (C=O) groups excluding carboxylic acids is 1. The summed E-state index contributed by atoms with van der Waals surface area (Å²) < 4.78 is 12.2. The summed E-state index contributed by atoms with van der Waals surface area (Å²) in [4.78, 5) is 11.6. The second kappa shape index (κ2) is 4.58. The Bertz CT molecular complexity index is 594. The number of carbonyl (C=O) groups is 1. The molecule has 0 spiro atoms. The molecule has 4 nitrogen and oxygen atoms in total. The summed E-state index contributed by atoms with van der Waals surface area (Å²) in [5, 5.41) is 2.98. The van der Waals surface area contributed by atoms with Crippen LogP contribution >= 0.6 is 0 Å². The quantitative estimate of drug-likeness (QED) is 0.805. The Balaban J connectivity index is 1.98. The first kappa shape index (κ1) is 14.6. The number of amides is 1. The first-order chi connectivity index (χ1) is 9.71. The maximum Gasteiger partial charge on any atom is 0.495 e. The van der Waals surface area contributed by atoms with Crippen molar-refractivity contribution in [2.75, 3.05) is 5.32 Å². The van der Waals surface area contributed by atoms with Crippen LogP contribution in [0.1, 0.15) is 45.2 Å². The molecule has 0 aliphatic carbocycles. The smallest absolute Gasteiger partial charge is 0.399 e. The number of hydrogen-bond donors (Lipinski definition) is 1. The Morgan fingerprint density at radius 2 is 1.71 bits per heavy atom. The Morgan fingerprint density at radius 3 is 2.33 bits per heavy atom. The molecule has 1 aromatic carbocycles. The second-order valence-corrected chi connectivity index (χ2v) is 6.95. The lowest BCUT2D eigenvalue weighted by Gasteiger charge is -2.32. The molecule has 1 N–H and O–H groups in total. The van der Waals surface area contributed by atoms with Gasteiger partial charge in [-0.05, 0) is 57.6 Å². The fraction of sp³-hybridized carbons (Fsp3) is 0.562.